The third-order valence-electron chi connectivity index (χ3n) is 4.70. The van der Waals surface area contributed by atoms with E-state index in [0.29, 0.717) is 12.8 Å². The molecule has 0 saturated heterocycles. The highest BCUT2D eigenvalue weighted by molar-refractivity contribution is 5.94. The van der Waals surface area contributed by atoms with E-state index in [1.807, 2.05) is 0 Å². The Balaban J connectivity index is 1.64. The maximum absolute atomic E-state index is 13.0. The molecule has 1 aliphatic rings. The van der Waals surface area contributed by atoms with Gasteiger partial charge in [0, 0.05) is 36.4 Å². The van der Waals surface area contributed by atoms with E-state index >= 15 is 0 Å². The zero-order chi connectivity index (χ0) is 24.8. The van der Waals surface area contributed by atoms with Crippen LogP contribution < -0.4 is 16.2 Å². The van der Waals surface area contributed by atoms with Gasteiger partial charge in [-0.2, -0.15) is 9.61 Å². The van der Waals surface area contributed by atoms with E-state index in [2.05, 4.69) is 20.7 Å². The molecule has 10 heteroatoms. The number of methoxy groups -OCH3 is 1. The van der Waals surface area contributed by atoms with Crippen LogP contribution in [0.2, 0.25) is 0 Å². The molecule has 0 atom stereocenters. The number of hydrogen-bond donors (Lipinski definition) is 3. The van der Waals surface area contributed by atoms with Gasteiger partial charge in [-0.25, -0.2) is 9.78 Å². The summed E-state index contributed by atoms with van der Waals surface area (Å²) < 4.78 is 51.4. The van der Waals surface area contributed by atoms with Crippen molar-refractivity contribution in [3.05, 3.63) is 46.5 Å². The molecule has 1 fully saturated rings. The van der Waals surface area contributed by atoms with Crippen molar-refractivity contribution in [1.29, 1.82) is 0 Å². The van der Waals surface area contributed by atoms with Crippen molar-refractivity contribution in [2.45, 2.75) is 25.0 Å². The number of carboxylic acids is 1. The number of rotatable bonds is 6. The van der Waals surface area contributed by atoms with Gasteiger partial charge in [0.2, 0.25) is 0 Å². The minimum atomic E-state index is -2.60. The number of pyridine rings is 1. The normalized spacial score (nSPS) is 22.7. The molecule has 10 nitrogen and oxygen atoms in total. The highest BCUT2D eigenvalue weighted by atomic mass is 16.5. The molecule has 0 spiro atoms. The first-order valence-corrected chi connectivity index (χ1v) is 8.37. The lowest BCUT2D eigenvalue weighted by atomic mass is 9.89. The second-order valence-corrected chi connectivity index (χ2v) is 6.37. The summed E-state index contributed by atoms with van der Waals surface area (Å²) in [5.74, 6) is -1.34. The van der Waals surface area contributed by atoms with Crippen LogP contribution in [0.25, 0.3) is 5.65 Å². The van der Waals surface area contributed by atoms with Crippen LogP contribution in [0.1, 0.15) is 37.5 Å². The van der Waals surface area contributed by atoms with Crippen molar-refractivity contribution in [3.63, 3.8) is 0 Å². The Morgan fingerprint density at radius 1 is 1.46 bits per heavy atom. The standard InChI is InChI=1S/C18H20N6O4/c1-19-15-8-14(22-16-12(18(26)27)9-20-24(15)16)21-13-4-3-5-23(17(13)25)10-6-11(7-10)28-2/h3-5,8-11,19H,6-7H2,1-2H3,(H,21,22)(H,26,27)/i1D3,2D3. The largest absolute Gasteiger partial charge is 0.477 e. The van der Waals surface area contributed by atoms with Crippen LogP contribution in [0.15, 0.2) is 35.4 Å². The molecule has 0 aromatic carbocycles. The average Bonchev–Trinajstić information content (AvgIpc) is 3.09. The van der Waals surface area contributed by atoms with E-state index in [9.17, 15) is 14.7 Å². The molecular weight excluding hydrogens is 364 g/mol. The summed E-state index contributed by atoms with van der Waals surface area (Å²) in [6, 6.07) is 4.14. The van der Waals surface area contributed by atoms with Crippen molar-refractivity contribution in [1.82, 2.24) is 19.2 Å². The van der Waals surface area contributed by atoms with E-state index in [1.54, 1.807) is 12.3 Å². The molecular formula is C18H20N6O4. The predicted octanol–water partition coefficient (Wildman–Crippen LogP) is 1.72. The van der Waals surface area contributed by atoms with E-state index in [-0.39, 0.29) is 34.6 Å². The smallest absolute Gasteiger partial charge is 0.341 e. The summed E-state index contributed by atoms with van der Waals surface area (Å²) in [5.41, 5.74) is -0.684. The molecule has 146 valence electrons. The van der Waals surface area contributed by atoms with Crippen molar-refractivity contribution in [3.8, 4) is 0 Å². The first-order valence-electron chi connectivity index (χ1n) is 11.4. The number of aromatic nitrogens is 4. The fraction of sp³-hybridized carbons (Fsp3) is 0.333. The number of fused-ring (bicyclic) bond motifs is 1. The number of anilines is 3. The Labute approximate surface area is 168 Å². The molecule has 0 unspecified atom stereocenters. The van der Waals surface area contributed by atoms with Crippen LogP contribution in [-0.4, -0.2) is 50.4 Å². The number of nitrogens with zero attached hydrogens (tertiary/aromatic N) is 4. The molecule has 1 saturated carbocycles. The second kappa shape index (κ2) is 6.97. The Bertz CT molecular complexity index is 1290. The molecule has 3 aromatic heterocycles. The van der Waals surface area contributed by atoms with E-state index in [1.165, 1.54) is 16.7 Å². The molecule has 0 radical (unpaired) electrons. The summed E-state index contributed by atoms with van der Waals surface area (Å²) in [4.78, 5) is 28.7. The van der Waals surface area contributed by atoms with Crippen LogP contribution in [-0.2, 0) is 4.74 Å². The predicted molar refractivity (Wildman–Crippen MR) is 103 cm³/mol. The Morgan fingerprint density at radius 2 is 2.32 bits per heavy atom. The van der Waals surface area contributed by atoms with Crippen LogP contribution >= 0.6 is 0 Å². The fourth-order valence-corrected chi connectivity index (χ4v) is 3.16. The molecule has 28 heavy (non-hydrogen) atoms. The number of carboxylic acid groups (broad SMARTS) is 1. The van der Waals surface area contributed by atoms with Gasteiger partial charge in [0.25, 0.3) is 5.56 Å². The van der Waals surface area contributed by atoms with Gasteiger partial charge in [-0.15, -0.1) is 0 Å². The first-order chi connectivity index (χ1) is 15.8. The number of aromatic carboxylic acids is 1. The third-order valence-corrected chi connectivity index (χ3v) is 4.70. The second-order valence-electron chi connectivity index (χ2n) is 6.37. The minimum absolute atomic E-state index is 0.0225. The highest BCUT2D eigenvalue weighted by Gasteiger charge is 2.31. The van der Waals surface area contributed by atoms with Gasteiger partial charge in [0.1, 0.15) is 22.9 Å². The van der Waals surface area contributed by atoms with E-state index < -0.39 is 31.6 Å². The number of hydrogen-bond acceptors (Lipinski definition) is 7. The monoisotopic (exact) mass is 390 g/mol. The number of ether oxygens (including phenoxy) is 1. The lowest BCUT2D eigenvalue weighted by Gasteiger charge is -2.35. The topological polar surface area (TPSA) is 123 Å². The van der Waals surface area contributed by atoms with Crippen LogP contribution in [0.4, 0.5) is 17.3 Å². The highest BCUT2D eigenvalue weighted by Crippen LogP contribution is 2.33. The summed E-state index contributed by atoms with van der Waals surface area (Å²) in [5, 5.41) is 18.4. The van der Waals surface area contributed by atoms with Crippen molar-refractivity contribution in [2.75, 3.05) is 24.6 Å². The average molecular weight is 390 g/mol. The van der Waals surface area contributed by atoms with Crippen molar-refractivity contribution >= 4 is 28.9 Å². The van der Waals surface area contributed by atoms with Gasteiger partial charge >= 0.3 is 5.97 Å². The van der Waals surface area contributed by atoms with Gasteiger partial charge < -0.3 is 25.0 Å². The molecule has 3 N–H and O–H groups in total. The summed E-state index contributed by atoms with van der Waals surface area (Å²) in [7, 11) is -2.50. The van der Waals surface area contributed by atoms with Gasteiger partial charge in [-0.05, 0) is 25.0 Å². The lowest BCUT2D eigenvalue weighted by Crippen LogP contribution is -2.37. The first kappa shape index (κ1) is 12.1. The lowest BCUT2D eigenvalue weighted by molar-refractivity contribution is 0.00522. The Hall–Kier alpha value is -3.40. The van der Waals surface area contributed by atoms with Gasteiger partial charge in [0.05, 0.1) is 16.4 Å². The molecule has 3 aromatic rings. The third kappa shape index (κ3) is 2.97. The van der Waals surface area contributed by atoms with Gasteiger partial charge in [-0.1, -0.05) is 0 Å². The van der Waals surface area contributed by atoms with Crippen LogP contribution in [0.3, 0.4) is 0 Å². The maximum atomic E-state index is 13.0. The van der Waals surface area contributed by atoms with Crippen molar-refractivity contribution in [2.24, 2.45) is 0 Å². The molecule has 0 bridgehead atoms. The fourth-order valence-electron chi connectivity index (χ4n) is 3.16. The summed E-state index contributed by atoms with van der Waals surface area (Å²) in [6.45, 7) is -2.60. The molecule has 1 aliphatic carbocycles. The van der Waals surface area contributed by atoms with Crippen molar-refractivity contribution < 1.29 is 22.9 Å². The summed E-state index contributed by atoms with van der Waals surface area (Å²) in [6.07, 6.45) is 2.85. The number of carbonyl (C=O) groups is 1. The van der Waals surface area contributed by atoms with Gasteiger partial charge in [0.15, 0.2) is 5.65 Å². The maximum Gasteiger partial charge on any atom is 0.341 e. The van der Waals surface area contributed by atoms with Gasteiger partial charge in [-0.3, -0.25) is 4.79 Å². The molecule has 3 heterocycles. The molecule has 0 aliphatic heterocycles. The summed E-state index contributed by atoms with van der Waals surface area (Å²) >= 11 is 0. The van der Waals surface area contributed by atoms with E-state index in [0.717, 1.165) is 10.7 Å². The zero-order valence-electron chi connectivity index (χ0n) is 20.4. The minimum Gasteiger partial charge on any atom is -0.477 e. The SMILES string of the molecule is [2H]C([2H])([2H])Nc1cc(Nc2cccn(C3CC(OC([2H])([2H])[2H])C3)c2=O)nc2c(C(=O)O)cnn12. The van der Waals surface area contributed by atoms with Crippen LogP contribution in [0, 0.1) is 0 Å². The quantitative estimate of drug-likeness (QED) is 0.581. The Kier molecular flexibility index (Phi) is 3.02. The Morgan fingerprint density at radius 3 is 3.07 bits per heavy atom. The molecule has 0 amide bonds. The zero-order valence-corrected chi connectivity index (χ0v) is 14.4. The number of nitrogens with one attached hydrogen (secondary N) is 2. The molecule has 4 rings (SSSR count). The van der Waals surface area contributed by atoms with Crippen LogP contribution in [0.5, 0.6) is 0 Å². The van der Waals surface area contributed by atoms with E-state index in [4.69, 9.17) is 13.0 Å².